The number of nitrogens with one attached hydrogen (secondary N) is 1. The monoisotopic (exact) mass is 398 g/mol. The van der Waals surface area contributed by atoms with E-state index in [0.29, 0.717) is 25.3 Å². The van der Waals surface area contributed by atoms with Gasteiger partial charge in [0.1, 0.15) is 6.61 Å². The summed E-state index contributed by atoms with van der Waals surface area (Å²) >= 11 is 0. The number of carbonyl (C=O) groups excluding carboxylic acids is 1. The zero-order valence-corrected chi connectivity index (χ0v) is 18.2. The highest BCUT2D eigenvalue weighted by molar-refractivity contribution is 5.76. The van der Waals surface area contributed by atoms with Gasteiger partial charge < -0.3 is 19.7 Å². The van der Waals surface area contributed by atoms with Gasteiger partial charge in [-0.3, -0.25) is 4.79 Å². The van der Waals surface area contributed by atoms with E-state index in [-0.39, 0.29) is 5.91 Å². The van der Waals surface area contributed by atoms with Crippen molar-refractivity contribution < 1.29 is 14.3 Å². The van der Waals surface area contributed by atoms with E-state index >= 15 is 0 Å². The van der Waals surface area contributed by atoms with E-state index in [4.69, 9.17) is 9.47 Å². The van der Waals surface area contributed by atoms with Crippen molar-refractivity contribution in [3.05, 3.63) is 59.2 Å². The predicted molar refractivity (Wildman–Crippen MR) is 118 cm³/mol. The molecular formula is C24H34N2O3. The van der Waals surface area contributed by atoms with E-state index in [1.165, 1.54) is 11.1 Å². The third kappa shape index (κ3) is 7.78. The second-order valence-corrected chi connectivity index (χ2v) is 7.12. The minimum absolute atomic E-state index is 0.0455. The summed E-state index contributed by atoms with van der Waals surface area (Å²) in [6, 6.07) is 14.1. The number of carbonyl (C=O) groups is 1. The highest BCUT2D eigenvalue weighted by Gasteiger charge is 2.08. The van der Waals surface area contributed by atoms with Gasteiger partial charge in [-0.15, -0.1) is 0 Å². The third-order valence-electron chi connectivity index (χ3n) is 5.04. The third-order valence-corrected chi connectivity index (χ3v) is 5.04. The molecule has 0 aliphatic rings. The van der Waals surface area contributed by atoms with E-state index in [1.807, 2.05) is 18.2 Å². The maximum atomic E-state index is 12.2. The Bertz CT molecular complexity index is 755. The second-order valence-electron chi connectivity index (χ2n) is 7.12. The molecule has 5 nitrogen and oxygen atoms in total. The van der Waals surface area contributed by atoms with Gasteiger partial charge in [0.2, 0.25) is 5.91 Å². The molecule has 0 heterocycles. The average molecular weight is 399 g/mol. The predicted octanol–water partition coefficient (Wildman–Crippen LogP) is 3.97. The number of benzene rings is 2. The number of amides is 1. The smallest absolute Gasteiger partial charge is 0.220 e. The molecule has 5 heteroatoms. The summed E-state index contributed by atoms with van der Waals surface area (Å²) in [4.78, 5) is 14.5. The number of hydrogen-bond acceptors (Lipinski definition) is 4. The van der Waals surface area contributed by atoms with Crippen LogP contribution in [0.4, 0.5) is 0 Å². The highest BCUT2D eigenvalue weighted by atomic mass is 16.5. The molecule has 0 saturated heterocycles. The van der Waals surface area contributed by atoms with Crippen molar-refractivity contribution in [1.29, 1.82) is 0 Å². The summed E-state index contributed by atoms with van der Waals surface area (Å²) < 4.78 is 11.4. The van der Waals surface area contributed by atoms with Crippen molar-refractivity contribution >= 4 is 5.91 Å². The van der Waals surface area contributed by atoms with Crippen LogP contribution in [0, 0.1) is 6.92 Å². The molecule has 0 aliphatic heterocycles. The van der Waals surface area contributed by atoms with E-state index in [2.05, 4.69) is 55.3 Å². The Balaban J connectivity index is 1.81. The van der Waals surface area contributed by atoms with Crippen LogP contribution in [0.15, 0.2) is 42.5 Å². The SMILES string of the molecule is CCN(CC)CCOc1ccc(CNC(=O)CCc2ccc(C)cc2)cc1OC. The molecule has 0 aliphatic carbocycles. The van der Waals surface area contributed by atoms with Gasteiger partial charge in [0.05, 0.1) is 7.11 Å². The maximum absolute atomic E-state index is 12.2. The highest BCUT2D eigenvalue weighted by Crippen LogP contribution is 2.28. The zero-order chi connectivity index (χ0) is 21.1. The van der Waals surface area contributed by atoms with Crippen molar-refractivity contribution in [2.75, 3.05) is 33.4 Å². The standard InChI is InChI=1S/C24H34N2O3/c1-5-26(6-2)15-16-29-22-13-11-21(17-23(22)28-4)18-25-24(27)14-12-20-9-7-19(3)8-10-20/h7-11,13,17H,5-6,12,14-16,18H2,1-4H3,(H,25,27). The fourth-order valence-electron chi connectivity index (χ4n) is 3.07. The normalized spacial score (nSPS) is 10.8. The maximum Gasteiger partial charge on any atom is 0.220 e. The largest absolute Gasteiger partial charge is 0.493 e. The van der Waals surface area contributed by atoms with Crippen LogP contribution in [0.25, 0.3) is 0 Å². The van der Waals surface area contributed by atoms with Gasteiger partial charge in [0.25, 0.3) is 0 Å². The molecule has 0 aromatic heterocycles. The fourth-order valence-corrected chi connectivity index (χ4v) is 3.07. The Morgan fingerprint density at radius 3 is 2.34 bits per heavy atom. The molecule has 0 spiro atoms. The molecule has 158 valence electrons. The van der Waals surface area contributed by atoms with Gasteiger partial charge in [0.15, 0.2) is 11.5 Å². The van der Waals surface area contributed by atoms with E-state index in [1.54, 1.807) is 7.11 Å². The van der Waals surface area contributed by atoms with Crippen LogP contribution in [0.1, 0.15) is 37.0 Å². The lowest BCUT2D eigenvalue weighted by Crippen LogP contribution is -2.28. The molecule has 2 aromatic carbocycles. The van der Waals surface area contributed by atoms with E-state index in [0.717, 1.165) is 37.4 Å². The quantitative estimate of drug-likeness (QED) is 0.588. The molecule has 0 bridgehead atoms. The minimum Gasteiger partial charge on any atom is -0.493 e. The molecule has 1 N–H and O–H groups in total. The van der Waals surface area contributed by atoms with Gasteiger partial charge in [-0.25, -0.2) is 0 Å². The molecule has 1 amide bonds. The Labute approximate surface area is 175 Å². The molecule has 2 rings (SSSR count). The Hall–Kier alpha value is -2.53. The number of methoxy groups -OCH3 is 1. The Kier molecular flexibility index (Phi) is 9.51. The summed E-state index contributed by atoms with van der Waals surface area (Å²) in [5.74, 6) is 1.47. The number of hydrogen-bond donors (Lipinski definition) is 1. The van der Waals surface area contributed by atoms with Crippen LogP contribution >= 0.6 is 0 Å². The van der Waals surface area contributed by atoms with Crippen molar-refractivity contribution in [3.63, 3.8) is 0 Å². The average Bonchev–Trinajstić information content (AvgIpc) is 2.75. The van der Waals surface area contributed by atoms with Crippen LogP contribution in [0.5, 0.6) is 11.5 Å². The molecule has 29 heavy (non-hydrogen) atoms. The molecule has 0 saturated carbocycles. The lowest BCUT2D eigenvalue weighted by molar-refractivity contribution is -0.121. The molecule has 0 fully saturated rings. The lowest BCUT2D eigenvalue weighted by atomic mass is 10.1. The van der Waals surface area contributed by atoms with Crippen LogP contribution in [0.3, 0.4) is 0 Å². The molecular weight excluding hydrogens is 364 g/mol. The molecule has 0 radical (unpaired) electrons. The second kappa shape index (κ2) is 12.1. The van der Waals surface area contributed by atoms with Crippen molar-refractivity contribution in [1.82, 2.24) is 10.2 Å². The van der Waals surface area contributed by atoms with Crippen LogP contribution < -0.4 is 14.8 Å². The van der Waals surface area contributed by atoms with E-state index < -0.39 is 0 Å². The Morgan fingerprint density at radius 2 is 1.69 bits per heavy atom. The van der Waals surface area contributed by atoms with Crippen LogP contribution in [-0.4, -0.2) is 44.2 Å². The lowest BCUT2D eigenvalue weighted by Gasteiger charge is -2.19. The van der Waals surface area contributed by atoms with Gasteiger partial charge in [-0.05, 0) is 49.7 Å². The topological polar surface area (TPSA) is 50.8 Å². The minimum atomic E-state index is 0.0455. The van der Waals surface area contributed by atoms with Crippen molar-refractivity contribution in [2.45, 2.75) is 40.2 Å². The van der Waals surface area contributed by atoms with Crippen LogP contribution in [-0.2, 0) is 17.8 Å². The van der Waals surface area contributed by atoms with Crippen molar-refractivity contribution in [2.24, 2.45) is 0 Å². The number of ether oxygens (including phenoxy) is 2. The first-order chi connectivity index (χ1) is 14.0. The van der Waals surface area contributed by atoms with Crippen LogP contribution in [0.2, 0.25) is 0 Å². The molecule has 0 unspecified atom stereocenters. The summed E-state index contributed by atoms with van der Waals surface area (Å²) in [5, 5.41) is 2.98. The van der Waals surface area contributed by atoms with E-state index in [9.17, 15) is 4.79 Å². The van der Waals surface area contributed by atoms with Gasteiger partial charge in [-0.1, -0.05) is 49.7 Å². The fraction of sp³-hybridized carbons (Fsp3) is 0.458. The first kappa shape index (κ1) is 22.8. The zero-order valence-electron chi connectivity index (χ0n) is 18.2. The summed E-state index contributed by atoms with van der Waals surface area (Å²) in [6.07, 6.45) is 1.22. The first-order valence-electron chi connectivity index (χ1n) is 10.4. The molecule has 0 atom stereocenters. The van der Waals surface area contributed by atoms with Gasteiger partial charge in [0, 0.05) is 19.5 Å². The van der Waals surface area contributed by atoms with Gasteiger partial charge in [-0.2, -0.15) is 0 Å². The number of aryl methyl sites for hydroxylation is 2. The summed E-state index contributed by atoms with van der Waals surface area (Å²) in [7, 11) is 1.64. The summed E-state index contributed by atoms with van der Waals surface area (Å²) in [5.41, 5.74) is 3.40. The summed E-state index contributed by atoms with van der Waals surface area (Å²) in [6.45, 7) is 10.4. The van der Waals surface area contributed by atoms with Gasteiger partial charge >= 0.3 is 0 Å². The number of likely N-dealkylation sites (N-methyl/N-ethyl adjacent to an activating group) is 1. The van der Waals surface area contributed by atoms with Crippen molar-refractivity contribution in [3.8, 4) is 11.5 Å². The number of rotatable bonds is 12. The molecule has 2 aromatic rings. The number of nitrogens with zero attached hydrogens (tertiary/aromatic N) is 1. The first-order valence-corrected chi connectivity index (χ1v) is 10.4. The Morgan fingerprint density at radius 1 is 1.00 bits per heavy atom.